The Labute approximate surface area is 151 Å². The molecule has 26 heavy (non-hydrogen) atoms. The average Bonchev–Trinajstić information content (AvgIpc) is 3.12. The van der Waals surface area contributed by atoms with Crippen LogP contribution in [0.25, 0.3) is 16.8 Å². The van der Waals surface area contributed by atoms with E-state index in [9.17, 15) is 9.59 Å². The van der Waals surface area contributed by atoms with Gasteiger partial charge in [-0.25, -0.2) is 4.79 Å². The maximum absolute atomic E-state index is 12.6. The first-order chi connectivity index (χ1) is 12.7. The fourth-order valence-electron chi connectivity index (χ4n) is 3.11. The molecule has 0 bridgehead atoms. The number of cyclic esters (lactones) is 1. The summed E-state index contributed by atoms with van der Waals surface area (Å²) in [6.45, 7) is 0.875. The minimum atomic E-state index is -0.374. The number of ether oxygens (including phenoxy) is 1. The van der Waals surface area contributed by atoms with Crippen molar-refractivity contribution in [3.8, 4) is 0 Å². The van der Waals surface area contributed by atoms with Crippen LogP contribution in [0.1, 0.15) is 15.9 Å². The fraction of sp³-hybridized carbons (Fsp3) is 0.0909. The lowest BCUT2D eigenvalue weighted by atomic mass is 10.0. The molecule has 0 radical (unpaired) electrons. The molecule has 3 aromatic rings. The summed E-state index contributed by atoms with van der Waals surface area (Å²) in [6, 6.07) is 21.1. The predicted octanol–water partition coefficient (Wildman–Crippen LogP) is 4.69. The highest BCUT2D eigenvalue weighted by atomic mass is 16.6. The number of nitrogens with zero attached hydrogens (tertiary/aromatic N) is 1. The van der Waals surface area contributed by atoms with Crippen LogP contribution in [0.15, 0.2) is 72.8 Å². The predicted molar refractivity (Wildman–Crippen MR) is 102 cm³/mol. The smallest absolute Gasteiger partial charge is 0.414 e. The zero-order chi connectivity index (χ0) is 17.9. The van der Waals surface area contributed by atoms with Crippen molar-refractivity contribution in [1.29, 1.82) is 0 Å². The first-order valence-electron chi connectivity index (χ1n) is 8.47. The number of carbonyl (C=O) groups excluding carboxylic acids is 2. The molecule has 4 nitrogen and oxygen atoms in total. The second-order valence-corrected chi connectivity index (χ2v) is 6.08. The maximum atomic E-state index is 12.6. The number of fused-ring (bicyclic) bond motifs is 1. The van der Waals surface area contributed by atoms with E-state index in [-0.39, 0.29) is 11.9 Å². The molecule has 1 saturated heterocycles. The summed E-state index contributed by atoms with van der Waals surface area (Å²) in [5, 5.41) is 2.24. The van der Waals surface area contributed by atoms with Crippen LogP contribution in [0.4, 0.5) is 10.5 Å². The molecular weight excluding hydrogens is 326 g/mol. The molecule has 0 unspecified atom stereocenters. The van der Waals surface area contributed by atoms with Crippen LogP contribution in [-0.2, 0) is 4.74 Å². The number of allylic oxidation sites excluding steroid dienone is 1. The second-order valence-electron chi connectivity index (χ2n) is 6.08. The molecule has 3 aromatic carbocycles. The molecule has 0 N–H and O–H groups in total. The summed E-state index contributed by atoms with van der Waals surface area (Å²) in [7, 11) is 0. The first kappa shape index (κ1) is 16.1. The van der Waals surface area contributed by atoms with Gasteiger partial charge in [-0.2, -0.15) is 0 Å². The van der Waals surface area contributed by atoms with Gasteiger partial charge in [0, 0.05) is 11.3 Å². The summed E-state index contributed by atoms with van der Waals surface area (Å²) < 4.78 is 4.95. The lowest BCUT2D eigenvalue weighted by Crippen LogP contribution is -2.23. The van der Waals surface area contributed by atoms with E-state index in [2.05, 4.69) is 0 Å². The third-order valence-corrected chi connectivity index (χ3v) is 4.44. The fourth-order valence-corrected chi connectivity index (χ4v) is 3.11. The van der Waals surface area contributed by atoms with Gasteiger partial charge >= 0.3 is 6.09 Å². The summed E-state index contributed by atoms with van der Waals surface area (Å²) >= 11 is 0. The third-order valence-electron chi connectivity index (χ3n) is 4.44. The van der Waals surface area contributed by atoms with E-state index in [1.54, 1.807) is 30.3 Å². The maximum Gasteiger partial charge on any atom is 0.414 e. The van der Waals surface area contributed by atoms with Crippen molar-refractivity contribution >= 4 is 34.4 Å². The Balaban J connectivity index is 1.60. The Hall–Kier alpha value is -3.40. The number of ketones is 1. The molecule has 128 valence electrons. The van der Waals surface area contributed by atoms with Crippen molar-refractivity contribution in [1.82, 2.24) is 0 Å². The van der Waals surface area contributed by atoms with Gasteiger partial charge in [-0.3, -0.25) is 9.69 Å². The Bertz CT molecular complexity index is 1020. The SMILES string of the molecule is O=C(C=Cc1cccc2ccccc12)c1cccc(N2CCOC2=O)c1. The summed E-state index contributed by atoms with van der Waals surface area (Å²) in [6.07, 6.45) is 3.03. The minimum Gasteiger partial charge on any atom is -0.447 e. The van der Waals surface area contributed by atoms with Crippen molar-refractivity contribution in [2.45, 2.75) is 0 Å². The van der Waals surface area contributed by atoms with Gasteiger partial charge in [0.15, 0.2) is 5.78 Å². The van der Waals surface area contributed by atoms with Gasteiger partial charge in [0.2, 0.25) is 0 Å². The number of hydrogen-bond donors (Lipinski definition) is 0. The molecule has 4 heteroatoms. The highest BCUT2D eigenvalue weighted by Gasteiger charge is 2.23. The van der Waals surface area contributed by atoms with Gasteiger partial charge in [0.25, 0.3) is 0 Å². The van der Waals surface area contributed by atoms with E-state index in [0.717, 1.165) is 16.3 Å². The topological polar surface area (TPSA) is 46.6 Å². The Kier molecular flexibility index (Phi) is 4.23. The molecule has 1 aliphatic heterocycles. The van der Waals surface area contributed by atoms with E-state index in [1.807, 2.05) is 48.5 Å². The zero-order valence-corrected chi connectivity index (χ0v) is 14.1. The summed E-state index contributed by atoms with van der Waals surface area (Å²) in [4.78, 5) is 25.8. The van der Waals surface area contributed by atoms with Crippen molar-refractivity contribution in [2.24, 2.45) is 0 Å². The molecule has 0 atom stereocenters. The van der Waals surface area contributed by atoms with Gasteiger partial charge in [-0.15, -0.1) is 0 Å². The number of amides is 1. The highest BCUT2D eigenvalue weighted by Crippen LogP contribution is 2.22. The van der Waals surface area contributed by atoms with Crippen LogP contribution in [0.2, 0.25) is 0 Å². The van der Waals surface area contributed by atoms with Crippen LogP contribution in [0.3, 0.4) is 0 Å². The zero-order valence-electron chi connectivity index (χ0n) is 14.1. The monoisotopic (exact) mass is 343 g/mol. The van der Waals surface area contributed by atoms with Gasteiger partial charge in [0.1, 0.15) is 6.61 Å². The second kappa shape index (κ2) is 6.84. The van der Waals surface area contributed by atoms with Crippen LogP contribution < -0.4 is 4.90 Å². The molecule has 1 amide bonds. The van der Waals surface area contributed by atoms with Crippen LogP contribution in [0, 0.1) is 0 Å². The average molecular weight is 343 g/mol. The molecule has 0 aromatic heterocycles. The van der Waals surface area contributed by atoms with Crippen molar-refractivity contribution < 1.29 is 14.3 Å². The molecule has 1 aliphatic rings. The van der Waals surface area contributed by atoms with Gasteiger partial charge < -0.3 is 4.74 Å². The normalized spacial score (nSPS) is 14.2. The molecule has 1 heterocycles. The van der Waals surface area contributed by atoms with E-state index in [4.69, 9.17) is 4.74 Å². The van der Waals surface area contributed by atoms with Crippen LogP contribution in [-0.4, -0.2) is 25.0 Å². The van der Waals surface area contributed by atoms with Crippen molar-refractivity contribution in [3.63, 3.8) is 0 Å². The molecule has 1 fully saturated rings. The Morgan fingerprint density at radius 2 is 1.81 bits per heavy atom. The van der Waals surface area contributed by atoms with Gasteiger partial charge in [-0.1, -0.05) is 60.7 Å². The highest BCUT2D eigenvalue weighted by molar-refractivity contribution is 6.08. The molecule has 0 spiro atoms. The van der Waals surface area contributed by atoms with Crippen LogP contribution in [0.5, 0.6) is 0 Å². The minimum absolute atomic E-state index is 0.104. The van der Waals surface area contributed by atoms with Crippen molar-refractivity contribution in [3.05, 3.63) is 83.9 Å². The Morgan fingerprint density at radius 3 is 2.65 bits per heavy atom. The van der Waals surface area contributed by atoms with Crippen molar-refractivity contribution in [2.75, 3.05) is 18.1 Å². The lowest BCUT2D eigenvalue weighted by molar-refractivity contribution is 0.104. The number of rotatable bonds is 4. The number of carbonyl (C=O) groups is 2. The van der Waals surface area contributed by atoms with E-state index >= 15 is 0 Å². The number of hydrogen-bond acceptors (Lipinski definition) is 3. The van der Waals surface area contributed by atoms with E-state index in [0.29, 0.717) is 24.4 Å². The first-order valence-corrected chi connectivity index (χ1v) is 8.47. The summed E-state index contributed by atoms with van der Waals surface area (Å²) in [5.74, 6) is -0.104. The Morgan fingerprint density at radius 1 is 1.00 bits per heavy atom. The molecule has 0 aliphatic carbocycles. The lowest BCUT2D eigenvalue weighted by Gasteiger charge is -2.13. The molecule has 4 rings (SSSR count). The van der Waals surface area contributed by atoms with E-state index in [1.165, 1.54) is 4.90 Å². The largest absolute Gasteiger partial charge is 0.447 e. The number of benzene rings is 3. The number of anilines is 1. The molecular formula is C22H17NO3. The van der Waals surface area contributed by atoms with E-state index < -0.39 is 0 Å². The summed E-state index contributed by atoms with van der Waals surface area (Å²) in [5.41, 5.74) is 2.21. The quantitative estimate of drug-likeness (QED) is 0.510. The standard InChI is InChI=1S/C22H17NO3/c24-21(12-11-17-7-3-6-16-5-1-2-10-20(16)17)18-8-4-9-19(15-18)23-13-14-26-22(23)25/h1-12,15H,13-14H2. The van der Waals surface area contributed by atoms with Gasteiger partial charge in [-0.05, 0) is 34.5 Å². The van der Waals surface area contributed by atoms with Crippen LogP contribution >= 0.6 is 0 Å². The third kappa shape index (κ3) is 3.09. The molecule has 0 saturated carbocycles. The van der Waals surface area contributed by atoms with Gasteiger partial charge in [0.05, 0.1) is 6.54 Å².